The minimum atomic E-state index is -0.969. The van der Waals surface area contributed by atoms with Gasteiger partial charge in [-0.3, -0.25) is 4.21 Å². The van der Waals surface area contributed by atoms with Crippen LogP contribution >= 0.6 is 0 Å². The lowest BCUT2D eigenvalue weighted by atomic mass is 10.2. The second-order valence-corrected chi connectivity index (χ2v) is 5.26. The molecule has 0 saturated heterocycles. The molecular formula is C12H17NO4S. The van der Waals surface area contributed by atoms with Crippen molar-refractivity contribution in [2.24, 2.45) is 0 Å². The number of benzene rings is 1. The van der Waals surface area contributed by atoms with Crippen LogP contribution in [-0.2, 0) is 10.8 Å². The molecule has 6 heteroatoms. The highest BCUT2D eigenvalue weighted by atomic mass is 32.2. The van der Waals surface area contributed by atoms with Crippen LogP contribution in [-0.4, -0.2) is 47.0 Å². The van der Waals surface area contributed by atoms with Crippen LogP contribution in [0.4, 0.5) is 0 Å². The van der Waals surface area contributed by atoms with Gasteiger partial charge in [0.15, 0.2) is 0 Å². The molecule has 2 N–H and O–H groups in total. The highest BCUT2D eigenvalue weighted by Gasteiger charge is 2.03. The fourth-order valence-electron chi connectivity index (χ4n) is 1.30. The standard InChI is InChI=1S/C12H17NO4S/c1-18(16)8-6-13-5-7-17-11-4-2-3-10(9-11)12(14)15/h2-4,9,13H,5-8H2,1H3,(H,14,15). The van der Waals surface area contributed by atoms with Crippen molar-refractivity contribution in [3.05, 3.63) is 29.8 Å². The van der Waals surface area contributed by atoms with Crippen LogP contribution in [0.15, 0.2) is 24.3 Å². The molecule has 0 aliphatic carbocycles. The Kier molecular flexibility index (Phi) is 6.38. The van der Waals surface area contributed by atoms with Crippen molar-refractivity contribution in [3.8, 4) is 5.75 Å². The molecule has 0 saturated carbocycles. The van der Waals surface area contributed by atoms with Crippen molar-refractivity contribution in [1.29, 1.82) is 0 Å². The Morgan fingerprint density at radius 2 is 2.22 bits per heavy atom. The van der Waals surface area contributed by atoms with E-state index in [1.165, 1.54) is 12.1 Å². The van der Waals surface area contributed by atoms with Gasteiger partial charge in [0, 0.05) is 35.9 Å². The lowest BCUT2D eigenvalue weighted by molar-refractivity contribution is 0.0696. The molecule has 100 valence electrons. The zero-order chi connectivity index (χ0) is 13.4. The Morgan fingerprint density at radius 1 is 1.44 bits per heavy atom. The maximum Gasteiger partial charge on any atom is 0.335 e. The number of ether oxygens (including phenoxy) is 1. The Bertz CT molecular complexity index is 422. The highest BCUT2D eigenvalue weighted by molar-refractivity contribution is 7.84. The number of rotatable bonds is 8. The first-order chi connectivity index (χ1) is 8.59. The molecule has 1 unspecified atom stereocenters. The topological polar surface area (TPSA) is 75.6 Å². The third kappa shape index (κ3) is 5.79. The van der Waals surface area contributed by atoms with Gasteiger partial charge < -0.3 is 15.2 Å². The first kappa shape index (κ1) is 14.7. The van der Waals surface area contributed by atoms with E-state index in [4.69, 9.17) is 9.84 Å². The number of carboxylic acids is 1. The van der Waals surface area contributed by atoms with Crippen molar-refractivity contribution < 1.29 is 18.8 Å². The van der Waals surface area contributed by atoms with E-state index in [1.807, 2.05) is 0 Å². The Labute approximate surface area is 109 Å². The molecular weight excluding hydrogens is 254 g/mol. The zero-order valence-electron chi connectivity index (χ0n) is 10.2. The molecule has 0 amide bonds. The Hall–Kier alpha value is -1.40. The predicted molar refractivity (Wildman–Crippen MR) is 70.7 cm³/mol. The number of aromatic carboxylic acids is 1. The average molecular weight is 271 g/mol. The van der Waals surface area contributed by atoms with E-state index >= 15 is 0 Å². The maximum absolute atomic E-state index is 10.8. The van der Waals surface area contributed by atoms with Crippen LogP contribution in [0.1, 0.15) is 10.4 Å². The monoisotopic (exact) mass is 271 g/mol. The number of nitrogens with one attached hydrogen (secondary N) is 1. The second kappa shape index (κ2) is 7.84. The predicted octanol–water partition coefficient (Wildman–Crippen LogP) is 0.732. The number of carbonyl (C=O) groups is 1. The van der Waals surface area contributed by atoms with Crippen molar-refractivity contribution in [3.63, 3.8) is 0 Å². The molecule has 1 rings (SSSR count). The molecule has 18 heavy (non-hydrogen) atoms. The van der Waals surface area contributed by atoms with Crippen LogP contribution < -0.4 is 10.1 Å². The fraction of sp³-hybridized carbons (Fsp3) is 0.417. The van der Waals surface area contributed by atoms with Gasteiger partial charge in [0.25, 0.3) is 0 Å². The van der Waals surface area contributed by atoms with E-state index in [2.05, 4.69) is 5.32 Å². The number of carboxylic acid groups (broad SMARTS) is 1. The number of hydrogen-bond acceptors (Lipinski definition) is 4. The summed E-state index contributed by atoms with van der Waals surface area (Å²) in [5.41, 5.74) is 0.210. The lowest BCUT2D eigenvalue weighted by Crippen LogP contribution is -2.25. The van der Waals surface area contributed by atoms with Crippen molar-refractivity contribution >= 4 is 16.8 Å². The van der Waals surface area contributed by atoms with E-state index < -0.39 is 16.8 Å². The highest BCUT2D eigenvalue weighted by Crippen LogP contribution is 2.12. The molecule has 0 bridgehead atoms. The van der Waals surface area contributed by atoms with Crippen LogP contribution in [0.5, 0.6) is 5.75 Å². The van der Waals surface area contributed by atoms with Crippen LogP contribution in [0, 0.1) is 0 Å². The lowest BCUT2D eigenvalue weighted by Gasteiger charge is -2.07. The van der Waals surface area contributed by atoms with E-state index in [-0.39, 0.29) is 5.56 Å². The van der Waals surface area contributed by atoms with E-state index in [0.717, 1.165) is 0 Å². The third-order valence-corrected chi connectivity index (χ3v) is 2.97. The van der Waals surface area contributed by atoms with Crippen LogP contribution in [0.2, 0.25) is 0 Å². The van der Waals surface area contributed by atoms with Crippen molar-refractivity contribution in [2.75, 3.05) is 31.7 Å². The summed E-state index contributed by atoms with van der Waals surface area (Å²) in [6.07, 6.45) is 1.66. The summed E-state index contributed by atoms with van der Waals surface area (Å²) in [5, 5.41) is 11.9. The molecule has 0 fully saturated rings. The van der Waals surface area contributed by atoms with Crippen LogP contribution in [0.25, 0.3) is 0 Å². The van der Waals surface area contributed by atoms with Gasteiger partial charge in [0.2, 0.25) is 0 Å². The first-order valence-corrected chi connectivity index (χ1v) is 7.29. The Morgan fingerprint density at radius 3 is 2.89 bits per heavy atom. The molecule has 1 atom stereocenters. The smallest absolute Gasteiger partial charge is 0.335 e. The van der Waals surface area contributed by atoms with E-state index in [1.54, 1.807) is 18.4 Å². The van der Waals surface area contributed by atoms with Gasteiger partial charge in [-0.2, -0.15) is 0 Å². The fourth-order valence-corrected chi connectivity index (χ4v) is 1.73. The summed E-state index contributed by atoms with van der Waals surface area (Å²) < 4.78 is 16.2. The maximum atomic E-state index is 10.8. The molecule has 5 nitrogen and oxygen atoms in total. The molecule has 0 aromatic heterocycles. The van der Waals surface area contributed by atoms with E-state index in [9.17, 15) is 9.00 Å². The molecule has 1 aromatic carbocycles. The summed E-state index contributed by atoms with van der Waals surface area (Å²) in [7, 11) is -0.784. The Balaban J connectivity index is 2.25. The van der Waals surface area contributed by atoms with Gasteiger partial charge in [-0.15, -0.1) is 0 Å². The van der Waals surface area contributed by atoms with Crippen molar-refractivity contribution in [1.82, 2.24) is 5.32 Å². The van der Waals surface area contributed by atoms with Gasteiger partial charge >= 0.3 is 5.97 Å². The molecule has 1 aromatic rings. The molecule has 0 aliphatic rings. The van der Waals surface area contributed by atoms with Gasteiger partial charge in [0.1, 0.15) is 12.4 Å². The molecule has 0 spiro atoms. The van der Waals surface area contributed by atoms with Gasteiger partial charge in [-0.25, -0.2) is 4.79 Å². The SMILES string of the molecule is CS(=O)CCNCCOc1cccc(C(=O)O)c1. The minimum absolute atomic E-state index is 0.210. The third-order valence-electron chi connectivity index (χ3n) is 2.19. The zero-order valence-corrected chi connectivity index (χ0v) is 11.0. The van der Waals surface area contributed by atoms with Crippen molar-refractivity contribution in [2.45, 2.75) is 0 Å². The largest absolute Gasteiger partial charge is 0.492 e. The summed E-state index contributed by atoms with van der Waals surface area (Å²) >= 11 is 0. The average Bonchev–Trinajstić information content (AvgIpc) is 2.33. The summed E-state index contributed by atoms with van der Waals surface area (Å²) in [5.74, 6) is 0.189. The van der Waals surface area contributed by atoms with Gasteiger partial charge in [0.05, 0.1) is 5.56 Å². The normalized spacial score (nSPS) is 12.1. The molecule has 0 aliphatic heterocycles. The summed E-state index contributed by atoms with van der Waals surface area (Å²) in [6.45, 7) is 1.76. The first-order valence-electron chi connectivity index (χ1n) is 5.56. The summed E-state index contributed by atoms with van der Waals surface area (Å²) in [6, 6.07) is 6.37. The second-order valence-electron chi connectivity index (χ2n) is 3.71. The van der Waals surface area contributed by atoms with Gasteiger partial charge in [-0.05, 0) is 18.2 Å². The van der Waals surface area contributed by atoms with Gasteiger partial charge in [-0.1, -0.05) is 6.07 Å². The number of hydrogen-bond donors (Lipinski definition) is 2. The molecule has 0 radical (unpaired) electrons. The summed E-state index contributed by atoms with van der Waals surface area (Å²) in [4.78, 5) is 10.7. The minimum Gasteiger partial charge on any atom is -0.492 e. The quantitative estimate of drug-likeness (QED) is 0.682. The van der Waals surface area contributed by atoms with Crippen LogP contribution in [0.3, 0.4) is 0 Å². The van der Waals surface area contributed by atoms with E-state index in [0.29, 0.717) is 31.2 Å². The molecule has 0 heterocycles.